The van der Waals surface area contributed by atoms with Crippen LogP contribution in [-0.4, -0.2) is 71.3 Å². The van der Waals surface area contributed by atoms with Gasteiger partial charge in [-0.1, -0.05) is 32.9 Å². The Morgan fingerprint density at radius 2 is 1.90 bits per heavy atom. The maximum absolute atomic E-state index is 14.3. The Morgan fingerprint density at radius 3 is 2.57 bits per heavy atom. The molecule has 1 saturated heterocycles. The van der Waals surface area contributed by atoms with E-state index in [1.165, 1.54) is 19.5 Å². The Morgan fingerprint density at radius 1 is 1.17 bits per heavy atom. The monoisotopic (exact) mass is 578 g/mol. The summed E-state index contributed by atoms with van der Waals surface area (Å²) < 4.78 is 19.9. The van der Waals surface area contributed by atoms with Gasteiger partial charge in [0.05, 0.1) is 30.4 Å². The largest absolute Gasteiger partial charge is 0.496 e. The molecule has 3 aromatic rings. The van der Waals surface area contributed by atoms with E-state index in [2.05, 4.69) is 25.9 Å². The molecular formula is C31H39FN6O4. The summed E-state index contributed by atoms with van der Waals surface area (Å²) >= 11 is 0. The van der Waals surface area contributed by atoms with E-state index in [0.717, 1.165) is 0 Å². The molecule has 0 unspecified atom stereocenters. The number of hydrogen-bond acceptors (Lipinski definition) is 8. The maximum Gasteiger partial charge on any atom is 0.246 e. The van der Waals surface area contributed by atoms with Gasteiger partial charge in [0.15, 0.2) is 5.78 Å². The minimum atomic E-state index is -0.798. The van der Waals surface area contributed by atoms with E-state index in [9.17, 15) is 18.8 Å². The number of halogens is 1. The molecule has 224 valence electrons. The summed E-state index contributed by atoms with van der Waals surface area (Å²) in [5, 5.41) is 9.40. The summed E-state index contributed by atoms with van der Waals surface area (Å²) in [6.45, 7) is 7.82. The van der Waals surface area contributed by atoms with Gasteiger partial charge in [0.2, 0.25) is 11.8 Å². The number of fused-ring (bicyclic) bond motifs is 1. The number of nitrogens with one attached hydrogen (secondary N) is 3. The second kappa shape index (κ2) is 12.8. The third-order valence-corrected chi connectivity index (χ3v) is 7.66. The lowest BCUT2D eigenvalue weighted by Crippen LogP contribution is -2.58. The molecule has 0 bridgehead atoms. The van der Waals surface area contributed by atoms with Crippen molar-refractivity contribution < 1.29 is 23.5 Å². The van der Waals surface area contributed by atoms with Gasteiger partial charge >= 0.3 is 0 Å². The third kappa shape index (κ3) is 6.67. The van der Waals surface area contributed by atoms with Crippen molar-refractivity contribution in [3.63, 3.8) is 0 Å². The van der Waals surface area contributed by atoms with Crippen LogP contribution in [0.5, 0.6) is 5.75 Å². The first-order valence-corrected chi connectivity index (χ1v) is 14.1. The molecule has 2 aromatic carbocycles. The fourth-order valence-corrected chi connectivity index (χ4v) is 5.13. The molecule has 3 atom stereocenters. The number of carbonyl (C=O) groups excluding carboxylic acids is 3. The molecular weight excluding hydrogens is 539 g/mol. The van der Waals surface area contributed by atoms with E-state index in [4.69, 9.17) is 4.74 Å². The van der Waals surface area contributed by atoms with Gasteiger partial charge in [-0.3, -0.25) is 14.4 Å². The maximum atomic E-state index is 14.3. The van der Waals surface area contributed by atoms with Crippen molar-refractivity contribution in [2.45, 2.75) is 65.1 Å². The van der Waals surface area contributed by atoms with Crippen molar-refractivity contribution in [3.05, 3.63) is 54.1 Å². The number of likely N-dealkylation sites (N-methyl/N-ethyl adjacent to an activating group) is 1. The van der Waals surface area contributed by atoms with Crippen molar-refractivity contribution in [2.75, 3.05) is 26.0 Å². The van der Waals surface area contributed by atoms with Gasteiger partial charge < -0.3 is 25.6 Å². The van der Waals surface area contributed by atoms with Gasteiger partial charge in [-0.15, -0.1) is 0 Å². The van der Waals surface area contributed by atoms with Gasteiger partial charge in [-0.05, 0) is 50.4 Å². The lowest BCUT2D eigenvalue weighted by molar-refractivity contribution is -0.143. The number of rotatable bonds is 10. The van der Waals surface area contributed by atoms with Crippen molar-refractivity contribution in [1.29, 1.82) is 0 Å². The number of Topliss-reactive ketones (excluding diaryl/α,β-unsaturated/α-hetero) is 1. The molecule has 3 N–H and O–H groups in total. The van der Waals surface area contributed by atoms with Crippen LogP contribution in [0.15, 0.2) is 42.7 Å². The predicted molar refractivity (Wildman–Crippen MR) is 159 cm³/mol. The summed E-state index contributed by atoms with van der Waals surface area (Å²) in [5.74, 6) is -0.256. The average Bonchev–Trinajstić information content (AvgIpc) is 3.46. The molecule has 1 fully saturated rings. The van der Waals surface area contributed by atoms with Gasteiger partial charge in [0.1, 0.15) is 29.8 Å². The summed E-state index contributed by atoms with van der Waals surface area (Å²) in [5.41, 5.74) is 0.855. The van der Waals surface area contributed by atoms with E-state index in [-0.39, 0.29) is 29.7 Å². The van der Waals surface area contributed by atoms with Crippen LogP contribution in [0.1, 0.15) is 46.1 Å². The zero-order valence-corrected chi connectivity index (χ0v) is 25.0. The zero-order chi connectivity index (χ0) is 30.6. The number of amides is 2. The zero-order valence-electron chi connectivity index (χ0n) is 25.0. The number of hydrogen-bond donors (Lipinski definition) is 3. The second-order valence-electron chi connectivity index (χ2n) is 11.7. The quantitative estimate of drug-likeness (QED) is 0.332. The second-order valence-corrected chi connectivity index (χ2v) is 11.7. The minimum absolute atomic E-state index is 0.00489. The average molecular weight is 579 g/mol. The minimum Gasteiger partial charge on any atom is -0.496 e. The van der Waals surface area contributed by atoms with Crippen LogP contribution < -0.4 is 20.7 Å². The van der Waals surface area contributed by atoms with Crippen LogP contribution in [0.3, 0.4) is 0 Å². The fourth-order valence-electron chi connectivity index (χ4n) is 5.13. The van der Waals surface area contributed by atoms with E-state index in [1.807, 2.05) is 20.8 Å². The number of para-hydroxylation sites is 1. The Labute approximate surface area is 245 Å². The molecule has 4 rings (SSSR count). The van der Waals surface area contributed by atoms with E-state index < -0.39 is 29.4 Å². The SMILES string of the molecule is CN[C@@H](C)C(=O)N[C@H](C(=O)N1CCC[C@H]1C(=O)Cc1cc2c(Nc3ccccc3F)ncnc2cc1OC)C(C)(C)C. The molecule has 10 nitrogen and oxygen atoms in total. The van der Waals surface area contributed by atoms with Crippen LogP contribution >= 0.6 is 0 Å². The number of ether oxygens (including phenoxy) is 1. The number of aromatic nitrogens is 2. The van der Waals surface area contributed by atoms with Crippen LogP contribution in [0.2, 0.25) is 0 Å². The number of benzene rings is 2. The van der Waals surface area contributed by atoms with Gasteiger partial charge in [-0.25, -0.2) is 14.4 Å². The predicted octanol–water partition coefficient (Wildman–Crippen LogP) is 3.76. The standard InChI is InChI=1S/C31H39FN6O4/c1-18(33-5)29(40)37-27(31(2,3)4)30(41)38-13-9-12-24(38)25(39)15-19-14-20-23(16-26(19)42-6)34-17-35-28(20)36-22-11-8-7-10-21(22)32/h7-8,10-11,14,16-18,24,27,33H,9,12-13,15H2,1-6H3,(H,37,40)(H,34,35,36)/t18-,24-,27+/m0/s1. The van der Waals surface area contributed by atoms with Gasteiger partial charge in [0, 0.05) is 30.0 Å². The van der Waals surface area contributed by atoms with Crippen molar-refractivity contribution >= 4 is 40.0 Å². The molecule has 1 aliphatic rings. The number of carbonyl (C=O) groups is 3. The highest BCUT2D eigenvalue weighted by Gasteiger charge is 2.42. The van der Waals surface area contributed by atoms with E-state index >= 15 is 0 Å². The Bertz CT molecular complexity index is 1470. The number of likely N-dealkylation sites (tertiary alicyclic amines) is 1. The molecule has 0 saturated carbocycles. The summed E-state index contributed by atoms with van der Waals surface area (Å²) in [4.78, 5) is 50.5. The van der Waals surface area contributed by atoms with Crippen LogP contribution in [-0.2, 0) is 20.8 Å². The van der Waals surface area contributed by atoms with Crippen molar-refractivity contribution in [3.8, 4) is 5.75 Å². The molecule has 1 aliphatic heterocycles. The Balaban J connectivity index is 1.60. The molecule has 11 heteroatoms. The molecule has 1 aromatic heterocycles. The first-order valence-electron chi connectivity index (χ1n) is 14.1. The number of methoxy groups -OCH3 is 1. The summed E-state index contributed by atoms with van der Waals surface area (Å²) in [6, 6.07) is 7.86. The molecule has 0 aliphatic carbocycles. The smallest absolute Gasteiger partial charge is 0.246 e. The van der Waals surface area contributed by atoms with E-state index in [0.29, 0.717) is 47.4 Å². The lowest BCUT2D eigenvalue weighted by Gasteiger charge is -2.36. The molecule has 2 amide bonds. The number of nitrogens with zero attached hydrogens (tertiary/aromatic N) is 3. The number of ketones is 1. The van der Waals surface area contributed by atoms with Crippen molar-refractivity contribution in [2.24, 2.45) is 5.41 Å². The van der Waals surface area contributed by atoms with Crippen LogP contribution in [0.4, 0.5) is 15.9 Å². The number of anilines is 2. The Hall–Kier alpha value is -4.12. The normalized spacial score (nSPS) is 16.6. The summed E-state index contributed by atoms with van der Waals surface area (Å²) in [7, 11) is 3.20. The highest BCUT2D eigenvalue weighted by molar-refractivity contribution is 5.97. The van der Waals surface area contributed by atoms with Crippen LogP contribution in [0, 0.1) is 11.2 Å². The topological polar surface area (TPSA) is 126 Å². The van der Waals surface area contributed by atoms with Crippen LogP contribution in [0.25, 0.3) is 10.9 Å². The highest BCUT2D eigenvalue weighted by atomic mass is 19.1. The van der Waals surface area contributed by atoms with E-state index in [1.54, 1.807) is 49.2 Å². The first-order chi connectivity index (χ1) is 19.9. The fraction of sp³-hybridized carbons (Fsp3) is 0.452. The lowest BCUT2D eigenvalue weighted by atomic mass is 9.85. The Kier molecular flexibility index (Phi) is 9.40. The summed E-state index contributed by atoms with van der Waals surface area (Å²) in [6.07, 6.45) is 2.59. The highest BCUT2D eigenvalue weighted by Crippen LogP contribution is 2.32. The van der Waals surface area contributed by atoms with Gasteiger partial charge in [0.25, 0.3) is 0 Å². The third-order valence-electron chi connectivity index (χ3n) is 7.66. The molecule has 0 spiro atoms. The molecule has 42 heavy (non-hydrogen) atoms. The first kappa shape index (κ1) is 30.8. The van der Waals surface area contributed by atoms with Gasteiger partial charge in [-0.2, -0.15) is 0 Å². The molecule has 2 heterocycles. The van der Waals surface area contributed by atoms with Crippen molar-refractivity contribution in [1.82, 2.24) is 25.5 Å². The molecule has 0 radical (unpaired) electrons.